The van der Waals surface area contributed by atoms with Crippen LogP contribution in [0.25, 0.3) is 0 Å². The van der Waals surface area contributed by atoms with Crippen molar-refractivity contribution >= 4 is 75.0 Å². The lowest BCUT2D eigenvalue weighted by molar-refractivity contribution is -0.359. The third-order valence-corrected chi connectivity index (χ3v) is 23.0. The van der Waals surface area contributed by atoms with Gasteiger partial charge in [-0.1, -0.05) is 0 Å². The molecule has 10 aliphatic heterocycles. The fourth-order valence-corrected chi connectivity index (χ4v) is 15.5. The summed E-state index contributed by atoms with van der Waals surface area (Å²) in [5.41, 5.74) is 0. The highest BCUT2D eigenvalue weighted by molar-refractivity contribution is 7.80. The molecule has 766 valence electrons. The van der Waals surface area contributed by atoms with Crippen molar-refractivity contribution in [2.75, 3.05) is 101 Å². The monoisotopic (exact) mass is 2000 g/mol. The first-order valence-electron chi connectivity index (χ1n) is 40.6. The molecule has 130 heavy (non-hydrogen) atoms. The molecule has 35 N–H and O–H groups in total. The molecule has 2 amide bonds. The Labute approximate surface area is 767 Å². The minimum Gasteiger partial charge on any atom is -0.394 e. The second-order valence-corrected chi connectivity index (χ2v) is 32.9. The molecule has 10 heterocycles. The summed E-state index contributed by atoms with van der Waals surface area (Å²) in [6.07, 6.45) is -68.9. The van der Waals surface area contributed by atoms with Crippen molar-refractivity contribution in [2.45, 2.75) is 321 Å². The lowest BCUT2D eigenvalue weighted by Gasteiger charge is -2.48. The third kappa shape index (κ3) is 29.9. The number of nitrogens with one attached hydrogen (secondary N) is 2. The topological polar surface area (TPSA) is 892 Å². The summed E-state index contributed by atoms with van der Waals surface area (Å²) >= 11 is 19.9. The minimum absolute atomic E-state index is 0.0271. The summed E-state index contributed by atoms with van der Waals surface area (Å²) in [6, 6.07) is -2.36. The summed E-state index contributed by atoms with van der Waals surface area (Å²) in [7, 11) is 0. The highest BCUT2D eigenvalue weighted by atomic mass is 32.1. The molecule has 55 nitrogen and oxygen atoms in total. The summed E-state index contributed by atoms with van der Waals surface area (Å²) < 4.78 is 96.0. The number of aliphatic hydroxyl groups excluding tert-OH is 33. The Kier molecular flexibility index (Phi) is 50.9. The second-order valence-electron chi connectivity index (χ2n) is 30.8. The number of amides is 2. The minimum atomic E-state index is -1.71. The van der Waals surface area contributed by atoms with E-state index < -0.39 is 372 Å². The third-order valence-electron chi connectivity index (χ3n) is 21.8. The van der Waals surface area contributed by atoms with Gasteiger partial charge in [-0.15, -0.1) is 0 Å². The van der Waals surface area contributed by atoms with Crippen molar-refractivity contribution in [1.82, 2.24) is 10.6 Å². The van der Waals surface area contributed by atoms with Gasteiger partial charge < -0.3 is 264 Å². The SMILES string of the molecule is CC(=O)NC1[C@H](O[C@@H]2C(CO)O[C@@H](OCCS)C(NC(C)=O)[C@H]2O)OC(CO)[C@@H](O)[C@@H]1O.OCC1OC(O)C(O)[C@@H](O)[C@@H]1O[C@@H]1OC(CS)[C@@H](O)[C@H](O)C1O.OCC1OC(O)C(O)[C@@H](O)[C@@H]1O[C@@H]1OC(CS)[C@H](O)[C@H](O)C1O.OCC1O[C@@H](OCCS)C(O)[C@@H](O)[C@@H]1O[C@@H]1OC(CO)[C@H](O)[C@H](O)C1O.OCC1O[C@@H](O[C@@H]2C(CO)O[C@@H](OCCS)C(O)[C@H]2O)C(O)[C@@H](O)[C@@H]1O. The van der Waals surface area contributed by atoms with Crippen LogP contribution in [0.5, 0.6) is 0 Å². The van der Waals surface area contributed by atoms with E-state index in [-0.39, 0.29) is 31.3 Å². The molecule has 0 aliphatic carbocycles. The zero-order valence-electron chi connectivity index (χ0n) is 69.3. The zero-order chi connectivity index (χ0) is 97.5. The molecule has 10 rings (SSSR count). The number of aliphatic hydroxyl groups is 33. The molecule has 0 spiro atoms. The van der Waals surface area contributed by atoms with E-state index >= 15 is 0 Å². The van der Waals surface area contributed by atoms with E-state index in [1.54, 1.807) is 0 Å². The van der Waals surface area contributed by atoms with Gasteiger partial charge in [0.15, 0.2) is 62.9 Å². The normalized spacial score (nSPS) is 47.0. The Balaban J connectivity index is 0.000000252. The first-order chi connectivity index (χ1) is 61.5. The van der Waals surface area contributed by atoms with Crippen molar-refractivity contribution in [3.63, 3.8) is 0 Å². The van der Waals surface area contributed by atoms with Gasteiger partial charge in [-0.25, -0.2) is 0 Å². The first-order valence-corrected chi connectivity index (χ1v) is 43.8. The standard InChI is InChI=1S/C18H32N2O11S.2C14H26O11S.2C12H22O10S/c1-7(23)19-11-14(26)13(25)9(5-21)29-18(11)31-16-10(6-22)30-17(28-3-4-32)12(15(16)27)20-8(2)24;2*15-3-5-7(17)8(18)10(20)14(23-5)25-12-6(4-16)24-13(22-1-2-26)11(21)9(12)19;2*13-1-3-10(7(16)8(17)11(19)20-3)22-12-9(18)6(15)5(14)4(2-23)21-12/h9-18,21-22,25-27,32H,3-6H2,1-2H3,(H,19,23)(H,20,24);2*5-21,26H,1-4H2;2*3-19,23H,1-2H2/t9?,10?,11?,12?,13-,14-,15-,16-,17-,18+;5?,6?,7-,8+,9-,10?,11?,12-,13-,14+;5?,6?,7-,8-,9+,10?,11?,12+,13+,14-;3?,4?,5-,6+,7-,8?,9?,10-,11?,12+;3?,4?,5-,6-,7+,8?,9?,10+,11?,12-/m11010/s1. The zero-order valence-corrected chi connectivity index (χ0v) is 73.8. The maximum atomic E-state index is 11.7. The summed E-state index contributed by atoms with van der Waals surface area (Å²) in [4.78, 5) is 23.3. The predicted molar refractivity (Wildman–Crippen MR) is 433 cm³/mol. The number of hydrogen-bond acceptors (Lipinski definition) is 58. The quantitative estimate of drug-likeness (QED) is 0.0287. The number of thiol groups is 5. The molecule has 10 saturated heterocycles. The smallest absolute Gasteiger partial charge is 0.217 e. The van der Waals surface area contributed by atoms with Crippen molar-refractivity contribution in [2.24, 2.45) is 0 Å². The molecule has 60 heteroatoms. The first kappa shape index (κ1) is 117. The van der Waals surface area contributed by atoms with Crippen LogP contribution in [0.3, 0.4) is 0 Å². The largest absolute Gasteiger partial charge is 0.394 e. The van der Waals surface area contributed by atoms with Crippen molar-refractivity contribution in [1.29, 1.82) is 0 Å². The van der Waals surface area contributed by atoms with E-state index in [9.17, 15) is 178 Å². The van der Waals surface area contributed by atoms with Gasteiger partial charge in [0.1, 0.15) is 232 Å². The van der Waals surface area contributed by atoms with Gasteiger partial charge in [-0.3, -0.25) is 9.59 Å². The van der Waals surface area contributed by atoms with Crippen LogP contribution >= 0.6 is 63.1 Å². The van der Waals surface area contributed by atoms with Gasteiger partial charge in [0.2, 0.25) is 11.8 Å². The maximum absolute atomic E-state index is 11.7. The van der Waals surface area contributed by atoms with E-state index in [2.05, 4.69) is 73.8 Å². The van der Waals surface area contributed by atoms with Crippen LogP contribution in [-0.2, 0) is 94.9 Å². The molecule has 50 atom stereocenters. The summed E-state index contributed by atoms with van der Waals surface area (Å²) in [5, 5.41) is 329. The van der Waals surface area contributed by atoms with Gasteiger partial charge in [0.25, 0.3) is 0 Å². The Hall–Kier alpha value is -1.35. The maximum Gasteiger partial charge on any atom is 0.217 e. The highest BCUT2D eigenvalue weighted by Crippen LogP contribution is 2.37. The fraction of sp³-hybridized carbons (Fsp3) is 0.971. The molecular weight excluding hydrogens is 1880 g/mol. The Bertz CT molecular complexity index is 3020. The molecule has 0 aromatic rings. The van der Waals surface area contributed by atoms with Crippen LogP contribution in [-0.4, -0.2) is 589 Å². The van der Waals surface area contributed by atoms with E-state index in [4.69, 9.17) is 85.3 Å². The lowest BCUT2D eigenvalue weighted by atomic mass is 9.94. The number of carbonyl (C=O) groups excluding carboxylic acids is 2. The Morgan fingerprint density at radius 1 is 0.231 bits per heavy atom. The molecule has 0 saturated carbocycles. The van der Waals surface area contributed by atoms with E-state index in [1.807, 2.05) is 0 Å². The second kappa shape index (κ2) is 56.3. The van der Waals surface area contributed by atoms with Crippen LogP contribution in [0.2, 0.25) is 0 Å². The van der Waals surface area contributed by atoms with Crippen molar-refractivity contribution < 1.29 is 263 Å². The van der Waals surface area contributed by atoms with Gasteiger partial charge in [0.05, 0.1) is 84.9 Å². The van der Waals surface area contributed by atoms with Crippen LogP contribution in [0.1, 0.15) is 13.8 Å². The van der Waals surface area contributed by atoms with E-state index in [0.717, 1.165) is 0 Å². The van der Waals surface area contributed by atoms with Gasteiger partial charge >= 0.3 is 0 Å². The van der Waals surface area contributed by atoms with Crippen molar-refractivity contribution in [3.8, 4) is 0 Å². The average molecular weight is 2010 g/mol. The molecule has 10 fully saturated rings. The van der Waals surface area contributed by atoms with Crippen LogP contribution in [0.15, 0.2) is 0 Å². The van der Waals surface area contributed by atoms with E-state index in [1.165, 1.54) is 13.8 Å². The lowest BCUT2D eigenvalue weighted by Crippen LogP contribution is -2.69. The number of carbonyl (C=O) groups is 2. The molecule has 22 unspecified atom stereocenters. The summed E-state index contributed by atoms with van der Waals surface area (Å²) in [5.74, 6) is 0.0371. The van der Waals surface area contributed by atoms with Gasteiger partial charge in [-0.05, 0) is 0 Å². The summed E-state index contributed by atoms with van der Waals surface area (Å²) in [6.45, 7) is -2.25. The van der Waals surface area contributed by atoms with Crippen LogP contribution < -0.4 is 10.6 Å². The molecule has 0 radical (unpaired) electrons. The molecule has 10 aliphatic rings. The van der Waals surface area contributed by atoms with Crippen molar-refractivity contribution in [3.05, 3.63) is 0 Å². The number of ether oxygens (including phenoxy) is 18. The van der Waals surface area contributed by atoms with E-state index in [0.29, 0.717) is 17.3 Å². The number of hydrogen-bond donors (Lipinski definition) is 40. The van der Waals surface area contributed by atoms with Gasteiger partial charge in [-0.2, -0.15) is 63.1 Å². The Morgan fingerprint density at radius 3 is 0.715 bits per heavy atom. The Morgan fingerprint density at radius 2 is 0.438 bits per heavy atom. The number of rotatable bonds is 31. The molecule has 0 aromatic carbocycles. The average Bonchev–Trinajstić information content (AvgIpc) is 0.834. The predicted octanol–water partition coefficient (Wildman–Crippen LogP) is -22.0. The highest BCUT2D eigenvalue weighted by Gasteiger charge is 2.58. The van der Waals surface area contributed by atoms with Gasteiger partial charge in [0, 0.05) is 42.6 Å². The molecular formula is C70H128N2O53S5. The molecule has 0 bridgehead atoms. The van der Waals surface area contributed by atoms with Crippen LogP contribution in [0, 0.1) is 0 Å². The molecule has 0 aromatic heterocycles. The van der Waals surface area contributed by atoms with Crippen LogP contribution in [0.4, 0.5) is 0 Å². The fourth-order valence-electron chi connectivity index (χ4n) is 14.5.